The molecule has 0 radical (unpaired) electrons. The fourth-order valence-corrected chi connectivity index (χ4v) is 4.19. The summed E-state index contributed by atoms with van der Waals surface area (Å²) in [7, 11) is -7.22. The van der Waals surface area contributed by atoms with Gasteiger partial charge in [-0.25, -0.2) is 21.6 Å². The number of aromatic nitrogens is 2. The van der Waals surface area contributed by atoms with Gasteiger partial charge in [0.2, 0.25) is 21.7 Å². The molecule has 3 rings (SSSR count). The number of sulfonamides is 1. The zero-order valence-corrected chi connectivity index (χ0v) is 15.4. The molecular weight excluding hydrogens is 386 g/mol. The number of hydrogen-bond acceptors (Lipinski definition) is 8. The van der Waals surface area contributed by atoms with Crippen LogP contribution in [0.3, 0.4) is 0 Å². The minimum Gasteiger partial charge on any atom is -0.337 e. The van der Waals surface area contributed by atoms with E-state index >= 15 is 0 Å². The third-order valence-electron chi connectivity index (χ3n) is 3.19. The van der Waals surface area contributed by atoms with Gasteiger partial charge in [-0.2, -0.15) is 4.98 Å². The number of nitrogens with zero attached hydrogens (tertiary/aromatic N) is 2. The maximum absolute atomic E-state index is 12.3. The van der Waals surface area contributed by atoms with Crippen LogP contribution in [0, 0.1) is 0 Å². The van der Waals surface area contributed by atoms with Crippen molar-refractivity contribution < 1.29 is 21.4 Å². The number of thiophene rings is 1. The van der Waals surface area contributed by atoms with Crippen LogP contribution in [0.15, 0.2) is 56.1 Å². The third-order valence-corrected chi connectivity index (χ3v) is 6.60. The van der Waals surface area contributed by atoms with E-state index in [0.717, 1.165) is 11.1 Å². The monoisotopic (exact) mass is 399 g/mol. The van der Waals surface area contributed by atoms with Crippen LogP contribution in [-0.4, -0.2) is 33.2 Å². The summed E-state index contributed by atoms with van der Waals surface area (Å²) in [5.41, 5.74) is 0. The summed E-state index contributed by atoms with van der Waals surface area (Å²) in [5, 5.41) is 5.66. The molecule has 0 fully saturated rings. The lowest BCUT2D eigenvalue weighted by Crippen LogP contribution is -2.23. The second-order valence-corrected chi connectivity index (χ2v) is 9.79. The Morgan fingerprint density at radius 3 is 2.36 bits per heavy atom. The third kappa shape index (κ3) is 4.12. The van der Waals surface area contributed by atoms with E-state index in [4.69, 9.17) is 4.52 Å². The second kappa shape index (κ2) is 6.67. The van der Waals surface area contributed by atoms with Crippen LogP contribution in [0.4, 0.5) is 0 Å². The van der Waals surface area contributed by atoms with Gasteiger partial charge in [0.25, 0.3) is 0 Å². The number of nitrogens with one attached hydrogen (secondary N) is 1. The van der Waals surface area contributed by atoms with Gasteiger partial charge in [-0.15, -0.1) is 11.3 Å². The Labute approximate surface area is 148 Å². The molecule has 132 valence electrons. The molecule has 3 aromatic rings. The minimum atomic E-state index is -3.84. The van der Waals surface area contributed by atoms with Crippen molar-refractivity contribution in [2.45, 2.75) is 16.3 Å². The molecule has 1 aromatic carbocycles. The van der Waals surface area contributed by atoms with E-state index < -0.39 is 19.9 Å². The molecule has 0 spiro atoms. The Hall–Kier alpha value is -2.08. The molecule has 0 amide bonds. The topological polar surface area (TPSA) is 119 Å². The van der Waals surface area contributed by atoms with Crippen LogP contribution in [-0.2, 0) is 26.4 Å². The summed E-state index contributed by atoms with van der Waals surface area (Å²) < 4.78 is 54.7. The van der Waals surface area contributed by atoms with Gasteiger partial charge in [0.05, 0.1) is 21.2 Å². The summed E-state index contributed by atoms with van der Waals surface area (Å²) in [5.74, 6) is 0.515. The van der Waals surface area contributed by atoms with Gasteiger partial charge in [-0.3, -0.25) is 0 Å². The highest BCUT2D eigenvalue weighted by molar-refractivity contribution is 7.90. The number of rotatable bonds is 6. The molecule has 2 heterocycles. The van der Waals surface area contributed by atoms with Gasteiger partial charge in [-0.05, 0) is 35.7 Å². The molecule has 0 aliphatic heterocycles. The van der Waals surface area contributed by atoms with Gasteiger partial charge < -0.3 is 4.52 Å². The molecular formula is C14H13N3O5S3. The first-order chi connectivity index (χ1) is 11.8. The molecule has 11 heteroatoms. The van der Waals surface area contributed by atoms with E-state index in [0.29, 0.717) is 5.82 Å². The highest BCUT2D eigenvalue weighted by atomic mass is 32.2. The molecule has 0 aliphatic carbocycles. The van der Waals surface area contributed by atoms with Gasteiger partial charge >= 0.3 is 0 Å². The Bertz CT molecular complexity index is 1070. The first-order valence-electron chi connectivity index (χ1n) is 6.92. The van der Waals surface area contributed by atoms with Crippen molar-refractivity contribution in [3.05, 3.63) is 47.7 Å². The van der Waals surface area contributed by atoms with Crippen molar-refractivity contribution in [3.8, 4) is 10.7 Å². The normalized spacial score (nSPS) is 12.4. The predicted molar refractivity (Wildman–Crippen MR) is 91.2 cm³/mol. The average Bonchev–Trinajstić information content (AvgIpc) is 3.23. The van der Waals surface area contributed by atoms with Crippen LogP contribution in [0.2, 0.25) is 0 Å². The van der Waals surface area contributed by atoms with Crippen molar-refractivity contribution in [1.29, 1.82) is 0 Å². The molecule has 1 N–H and O–H groups in total. The summed E-state index contributed by atoms with van der Waals surface area (Å²) in [4.78, 5) is 4.92. The Morgan fingerprint density at radius 2 is 1.76 bits per heavy atom. The van der Waals surface area contributed by atoms with E-state index in [9.17, 15) is 16.8 Å². The molecule has 0 saturated carbocycles. The predicted octanol–water partition coefficient (Wildman–Crippen LogP) is 1.68. The largest absolute Gasteiger partial charge is 0.337 e. The van der Waals surface area contributed by atoms with E-state index in [1.54, 1.807) is 0 Å². The maximum atomic E-state index is 12.3. The van der Waals surface area contributed by atoms with E-state index in [-0.39, 0.29) is 22.2 Å². The lowest BCUT2D eigenvalue weighted by atomic mass is 10.4. The van der Waals surface area contributed by atoms with Crippen LogP contribution in [0.5, 0.6) is 0 Å². The molecule has 0 saturated heterocycles. The summed E-state index contributed by atoms with van der Waals surface area (Å²) in [6, 6.07) is 8.61. The number of hydrogen-bond donors (Lipinski definition) is 1. The zero-order valence-electron chi connectivity index (χ0n) is 12.9. The van der Waals surface area contributed by atoms with Crippen molar-refractivity contribution in [1.82, 2.24) is 14.9 Å². The van der Waals surface area contributed by atoms with Crippen LogP contribution in [0.25, 0.3) is 10.7 Å². The molecule has 0 bridgehead atoms. The molecule has 0 atom stereocenters. The average molecular weight is 399 g/mol. The highest BCUT2D eigenvalue weighted by Crippen LogP contribution is 2.21. The van der Waals surface area contributed by atoms with Gasteiger partial charge in [0, 0.05) is 6.26 Å². The minimum absolute atomic E-state index is 0.0453. The molecule has 8 nitrogen and oxygen atoms in total. The smallest absolute Gasteiger partial charge is 0.242 e. The first kappa shape index (κ1) is 17.7. The highest BCUT2D eigenvalue weighted by Gasteiger charge is 2.17. The number of sulfone groups is 1. The summed E-state index contributed by atoms with van der Waals surface area (Å²) in [6.07, 6.45) is 1.05. The van der Waals surface area contributed by atoms with E-state index in [1.165, 1.54) is 35.6 Å². The van der Waals surface area contributed by atoms with Crippen LogP contribution < -0.4 is 4.72 Å². The van der Waals surface area contributed by atoms with Crippen LogP contribution >= 0.6 is 11.3 Å². The summed E-state index contributed by atoms with van der Waals surface area (Å²) in [6.45, 7) is -0.172. The fraction of sp³-hybridized carbons (Fsp3) is 0.143. The van der Waals surface area contributed by atoms with Crippen molar-refractivity contribution in [2.24, 2.45) is 0 Å². The van der Waals surface area contributed by atoms with E-state index in [2.05, 4.69) is 14.9 Å². The number of benzene rings is 1. The molecule has 0 unspecified atom stereocenters. The molecule has 2 aromatic heterocycles. The summed E-state index contributed by atoms with van der Waals surface area (Å²) >= 11 is 1.44. The quantitative estimate of drug-likeness (QED) is 0.669. The van der Waals surface area contributed by atoms with Crippen molar-refractivity contribution in [2.75, 3.05) is 6.26 Å². The Kier molecular flexibility index (Phi) is 4.73. The lowest BCUT2D eigenvalue weighted by molar-refractivity contribution is 0.376. The molecule has 25 heavy (non-hydrogen) atoms. The standard InChI is InChI=1S/C14H13N3O5S3/c1-24(18,19)10-4-6-11(7-5-10)25(20,21)15-9-13-16-14(17-22-13)12-3-2-8-23-12/h2-8,15H,9H2,1H3. The Balaban J connectivity index is 1.72. The van der Waals surface area contributed by atoms with Gasteiger partial charge in [0.15, 0.2) is 9.84 Å². The maximum Gasteiger partial charge on any atom is 0.242 e. The lowest BCUT2D eigenvalue weighted by Gasteiger charge is -2.05. The first-order valence-corrected chi connectivity index (χ1v) is 11.2. The Morgan fingerprint density at radius 1 is 1.08 bits per heavy atom. The van der Waals surface area contributed by atoms with Crippen LogP contribution in [0.1, 0.15) is 5.89 Å². The fourth-order valence-electron chi connectivity index (χ4n) is 1.94. The SMILES string of the molecule is CS(=O)(=O)c1ccc(S(=O)(=O)NCc2nc(-c3cccs3)no2)cc1. The zero-order chi connectivity index (χ0) is 18.1. The van der Waals surface area contributed by atoms with Gasteiger partial charge in [0.1, 0.15) is 0 Å². The van der Waals surface area contributed by atoms with Crippen molar-refractivity contribution >= 4 is 31.2 Å². The van der Waals surface area contributed by atoms with E-state index in [1.807, 2.05) is 17.5 Å². The molecule has 0 aliphatic rings. The van der Waals surface area contributed by atoms with Gasteiger partial charge in [-0.1, -0.05) is 11.2 Å². The second-order valence-electron chi connectivity index (χ2n) is 5.06. The van der Waals surface area contributed by atoms with Crippen molar-refractivity contribution in [3.63, 3.8) is 0 Å².